The third-order valence-corrected chi connectivity index (χ3v) is 4.59. The maximum Gasteiger partial charge on any atom is 0.328 e. The lowest BCUT2D eigenvalue weighted by molar-refractivity contribution is -0.131. The number of rotatable bonds is 4. The standard InChI is InChI=1S/C18H21N3O4/c1-12-9-21(18(25)19-17(12)24)11-16(23)20-7-6-14(10-20)8-13-2-4-15(22)5-3-13/h2-5,9,14,22H,6-8,10-11H2,1H3,(H,19,24,25). The van der Waals surface area contributed by atoms with Crippen molar-refractivity contribution >= 4 is 5.91 Å². The maximum absolute atomic E-state index is 12.4. The number of likely N-dealkylation sites (tertiary alicyclic amines) is 1. The number of carbonyl (C=O) groups is 1. The van der Waals surface area contributed by atoms with Gasteiger partial charge < -0.3 is 10.0 Å². The van der Waals surface area contributed by atoms with Crippen LogP contribution < -0.4 is 11.2 Å². The third kappa shape index (κ3) is 3.99. The highest BCUT2D eigenvalue weighted by atomic mass is 16.3. The Morgan fingerprint density at radius 3 is 2.72 bits per heavy atom. The van der Waals surface area contributed by atoms with E-state index in [9.17, 15) is 19.5 Å². The Kier molecular flexibility index (Phi) is 4.74. The molecule has 1 aromatic carbocycles. The zero-order chi connectivity index (χ0) is 18.0. The first kappa shape index (κ1) is 17.0. The van der Waals surface area contributed by atoms with Crippen molar-refractivity contribution in [3.63, 3.8) is 0 Å². The van der Waals surface area contributed by atoms with Gasteiger partial charge in [0, 0.05) is 24.8 Å². The average Bonchev–Trinajstić information content (AvgIpc) is 3.03. The SMILES string of the molecule is Cc1cn(CC(=O)N2CCC(Cc3ccc(O)cc3)C2)c(=O)[nH]c1=O. The van der Waals surface area contributed by atoms with Gasteiger partial charge in [-0.05, 0) is 43.4 Å². The predicted molar refractivity (Wildman–Crippen MR) is 92.6 cm³/mol. The van der Waals surface area contributed by atoms with E-state index in [2.05, 4.69) is 4.98 Å². The number of phenolic OH excluding ortho intramolecular Hbond substituents is 1. The lowest BCUT2D eigenvalue weighted by atomic mass is 9.99. The second kappa shape index (κ2) is 6.96. The zero-order valence-corrected chi connectivity index (χ0v) is 14.1. The zero-order valence-electron chi connectivity index (χ0n) is 14.1. The molecule has 1 atom stereocenters. The van der Waals surface area contributed by atoms with E-state index in [0.717, 1.165) is 18.4 Å². The average molecular weight is 343 g/mol. The van der Waals surface area contributed by atoms with Gasteiger partial charge in [0.2, 0.25) is 5.91 Å². The molecule has 0 saturated carbocycles. The van der Waals surface area contributed by atoms with Crippen LogP contribution in [0.5, 0.6) is 5.75 Å². The fourth-order valence-corrected chi connectivity index (χ4v) is 3.17. The number of carbonyl (C=O) groups excluding carboxylic acids is 1. The number of aromatic hydroxyl groups is 1. The van der Waals surface area contributed by atoms with E-state index in [1.165, 1.54) is 10.8 Å². The molecule has 132 valence electrons. The van der Waals surface area contributed by atoms with E-state index < -0.39 is 11.2 Å². The largest absolute Gasteiger partial charge is 0.508 e. The summed E-state index contributed by atoms with van der Waals surface area (Å²) in [6, 6.07) is 7.11. The Balaban J connectivity index is 1.61. The molecule has 1 aliphatic heterocycles. The van der Waals surface area contributed by atoms with Crippen molar-refractivity contribution in [1.29, 1.82) is 0 Å². The van der Waals surface area contributed by atoms with Crippen molar-refractivity contribution in [3.05, 3.63) is 62.4 Å². The third-order valence-electron chi connectivity index (χ3n) is 4.59. The van der Waals surface area contributed by atoms with E-state index in [0.29, 0.717) is 24.6 Å². The quantitative estimate of drug-likeness (QED) is 0.852. The molecule has 0 aliphatic carbocycles. The molecule has 1 fully saturated rings. The number of aromatic amines is 1. The molecule has 1 amide bonds. The molecule has 2 aromatic rings. The number of nitrogens with one attached hydrogen (secondary N) is 1. The van der Waals surface area contributed by atoms with Crippen molar-refractivity contribution in [2.24, 2.45) is 5.92 Å². The molecule has 1 saturated heterocycles. The van der Waals surface area contributed by atoms with Crippen LogP contribution in [-0.4, -0.2) is 38.6 Å². The van der Waals surface area contributed by atoms with Crippen molar-refractivity contribution < 1.29 is 9.90 Å². The molecule has 25 heavy (non-hydrogen) atoms. The number of nitrogens with zero attached hydrogens (tertiary/aromatic N) is 2. The Hall–Kier alpha value is -2.83. The van der Waals surface area contributed by atoms with Crippen LogP contribution in [0.15, 0.2) is 40.1 Å². The van der Waals surface area contributed by atoms with Crippen molar-refractivity contribution in [2.45, 2.75) is 26.3 Å². The first-order valence-corrected chi connectivity index (χ1v) is 8.28. The Labute approximate surface area is 144 Å². The molecule has 7 nitrogen and oxygen atoms in total. The number of hydrogen-bond donors (Lipinski definition) is 2. The molecule has 3 rings (SSSR count). The monoisotopic (exact) mass is 343 g/mol. The van der Waals surface area contributed by atoms with Gasteiger partial charge in [0.1, 0.15) is 12.3 Å². The van der Waals surface area contributed by atoms with Gasteiger partial charge in [-0.15, -0.1) is 0 Å². The molecular weight excluding hydrogens is 322 g/mol. The Bertz CT molecular complexity index is 882. The Morgan fingerprint density at radius 2 is 2.00 bits per heavy atom. The summed E-state index contributed by atoms with van der Waals surface area (Å²) in [5.74, 6) is 0.484. The number of phenols is 1. The van der Waals surface area contributed by atoms with Gasteiger partial charge in [-0.25, -0.2) is 4.79 Å². The molecule has 0 spiro atoms. The normalized spacial score (nSPS) is 17.0. The van der Waals surface area contributed by atoms with Gasteiger partial charge in [0.15, 0.2) is 0 Å². The summed E-state index contributed by atoms with van der Waals surface area (Å²) in [4.78, 5) is 39.6. The van der Waals surface area contributed by atoms with Crippen LogP contribution in [-0.2, 0) is 17.8 Å². The van der Waals surface area contributed by atoms with Gasteiger partial charge in [-0.2, -0.15) is 0 Å². The van der Waals surface area contributed by atoms with Crippen molar-refractivity contribution in [3.8, 4) is 5.75 Å². The van der Waals surface area contributed by atoms with Gasteiger partial charge in [0.25, 0.3) is 5.56 Å². The fraction of sp³-hybridized carbons (Fsp3) is 0.389. The minimum absolute atomic E-state index is 0.0671. The second-order valence-electron chi connectivity index (χ2n) is 6.56. The van der Waals surface area contributed by atoms with Crippen LogP contribution in [0.4, 0.5) is 0 Å². The summed E-state index contributed by atoms with van der Waals surface area (Å²) in [6.45, 7) is 2.85. The number of amides is 1. The van der Waals surface area contributed by atoms with Crippen LogP contribution in [0, 0.1) is 12.8 Å². The Morgan fingerprint density at radius 1 is 1.28 bits per heavy atom. The molecule has 0 radical (unpaired) electrons. The molecule has 0 bridgehead atoms. The molecule has 2 heterocycles. The van der Waals surface area contributed by atoms with Crippen molar-refractivity contribution in [2.75, 3.05) is 13.1 Å². The summed E-state index contributed by atoms with van der Waals surface area (Å²) in [6.07, 6.45) is 3.18. The van der Waals surface area contributed by atoms with Gasteiger partial charge in [-0.1, -0.05) is 12.1 Å². The topological polar surface area (TPSA) is 95.4 Å². The van der Waals surface area contributed by atoms with Crippen LogP contribution >= 0.6 is 0 Å². The molecule has 1 aliphatic rings. The predicted octanol–water partition coefficient (Wildman–Crippen LogP) is 0.642. The summed E-state index contributed by atoms with van der Waals surface area (Å²) in [5.41, 5.74) is 0.538. The first-order valence-electron chi connectivity index (χ1n) is 8.28. The highest BCUT2D eigenvalue weighted by Crippen LogP contribution is 2.22. The minimum atomic E-state index is -0.566. The van der Waals surface area contributed by atoms with E-state index in [1.54, 1.807) is 24.0 Å². The maximum atomic E-state index is 12.4. The lowest BCUT2D eigenvalue weighted by Crippen LogP contribution is -2.38. The number of H-pyrrole nitrogens is 1. The highest BCUT2D eigenvalue weighted by Gasteiger charge is 2.26. The van der Waals surface area contributed by atoms with E-state index in [4.69, 9.17) is 0 Å². The van der Waals surface area contributed by atoms with Crippen LogP contribution in [0.1, 0.15) is 17.5 Å². The fourth-order valence-electron chi connectivity index (χ4n) is 3.17. The summed E-state index contributed by atoms with van der Waals surface area (Å²) >= 11 is 0. The van der Waals surface area contributed by atoms with E-state index >= 15 is 0 Å². The highest BCUT2D eigenvalue weighted by molar-refractivity contribution is 5.76. The second-order valence-corrected chi connectivity index (χ2v) is 6.56. The van der Waals surface area contributed by atoms with Crippen LogP contribution in [0.25, 0.3) is 0 Å². The number of aryl methyl sites for hydroxylation is 1. The minimum Gasteiger partial charge on any atom is -0.508 e. The van der Waals surface area contributed by atoms with E-state index in [1.807, 2.05) is 12.1 Å². The molecule has 2 N–H and O–H groups in total. The number of benzene rings is 1. The van der Waals surface area contributed by atoms with Gasteiger partial charge >= 0.3 is 5.69 Å². The van der Waals surface area contributed by atoms with E-state index in [-0.39, 0.29) is 18.2 Å². The van der Waals surface area contributed by atoms with Gasteiger partial charge in [-0.3, -0.25) is 19.1 Å². The summed E-state index contributed by atoms with van der Waals surface area (Å²) in [5, 5.41) is 9.33. The number of aromatic nitrogens is 2. The van der Waals surface area contributed by atoms with Crippen LogP contribution in [0.3, 0.4) is 0 Å². The van der Waals surface area contributed by atoms with Crippen molar-refractivity contribution in [1.82, 2.24) is 14.5 Å². The van der Waals surface area contributed by atoms with Crippen LogP contribution in [0.2, 0.25) is 0 Å². The number of hydrogen-bond acceptors (Lipinski definition) is 4. The molecule has 1 unspecified atom stereocenters. The summed E-state index contributed by atoms with van der Waals surface area (Å²) in [7, 11) is 0. The lowest BCUT2D eigenvalue weighted by Gasteiger charge is -2.17. The molecule has 7 heteroatoms. The first-order chi connectivity index (χ1) is 11.9. The summed E-state index contributed by atoms with van der Waals surface area (Å²) < 4.78 is 1.24. The molecule has 1 aromatic heterocycles. The molecular formula is C18H21N3O4. The van der Waals surface area contributed by atoms with Gasteiger partial charge in [0.05, 0.1) is 0 Å². The smallest absolute Gasteiger partial charge is 0.328 e.